The highest BCUT2D eigenvalue weighted by atomic mass is 16.5. The highest BCUT2D eigenvalue weighted by molar-refractivity contribution is 5.94. The standard InChI is InChI=1S/C18H23N3O2/c1-4-13(2)21-18(22)15-9-10-19-17(11-15)20-12-14-5-7-16(23-3)8-6-14/h5-11,13H,4,12H2,1-3H3,(H,19,20)(H,21,22). The summed E-state index contributed by atoms with van der Waals surface area (Å²) < 4.78 is 5.14. The molecule has 0 aliphatic carbocycles. The summed E-state index contributed by atoms with van der Waals surface area (Å²) in [4.78, 5) is 16.4. The average Bonchev–Trinajstić information content (AvgIpc) is 2.60. The van der Waals surface area contributed by atoms with Crippen LogP contribution < -0.4 is 15.4 Å². The third kappa shape index (κ3) is 4.98. The largest absolute Gasteiger partial charge is 0.497 e. The molecule has 0 aliphatic heterocycles. The highest BCUT2D eigenvalue weighted by Crippen LogP contribution is 2.13. The van der Waals surface area contributed by atoms with E-state index in [0.29, 0.717) is 17.9 Å². The van der Waals surface area contributed by atoms with E-state index in [4.69, 9.17) is 4.74 Å². The lowest BCUT2D eigenvalue weighted by Gasteiger charge is -2.12. The van der Waals surface area contributed by atoms with Crippen LogP contribution >= 0.6 is 0 Å². The van der Waals surface area contributed by atoms with Gasteiger partial charge >= 0.3 is 0 Å². The zero-order valence-corrected chi connectivity index (χ0v) is 13.8. The van der Waals surface area contributed by atoms with Gasteiger partial charge in [-0.3, -0.25) is 4.79 Å². The summed E-state index contributed by atoms with van der Waals surface area (Å²) in [7, 11) is 1.65. The van der Waals surface area contributed by atoms with E-state index in [-0.39, 0.29) is 11.9 Å². The van der Waals surface area contributed by atoms with Gasteiger partial charge in [0.15, 0.2) is 0 Å². The fraction of sp³-hybridized carbons (Fsp3) is 0.333. The molecule has 0 saturated heterocycles. The number of amides is 1. The van der Waals surface area contributed by atoms with Crippen molar-refractivity contribution in [3.05, 3.63) is 53.7 Å². The Balaban J connectivity index is 1.97. The minimum Gasteiger partial charge on any atom is -0.497 e. The number of nitrogens with zero attached hydrogens (tertiary/aromatic N) is 1. The molecule has 1 atom stereocenters. The maximum atomic E-state index is 12.1. The number of anilines is 1. The third-order valence-corrected chi connectivity index (χ3v) is 3.64. The molecule has 5 nitrogen and oxygen atoms in total. The summed E-state index contributed by atoms with van der Waals surface area (Å²) in [5.41, 5.74) is 1.72. The quantitative estimate of drug-likeness (QED) is 0.824. The predicted molar refractivity (Wildman–Crippen MR) is 91.8 cm³/mol. The molecule has 1 unspecified atom stereocenters. The van der Waals surface area contributed by atoms with Gasteiger partial charge < -0.3 is 15.4 Å². The van der Waals surface area contributed by atoms with E-state index in [1.54, 1.807) is 25.4 Å². The molecule has 0 aliphatic rings. The van der Waals surface area contributed by atoms with E-state index < -0.39 is 0 Å². The van der Waals surface area contributed by atoms with Gasteiger partial charge in [0.05, 0.1) is 7.11 Å². The molecule has 1 aromatic heterocycles. The fourth-order valence-corrected chi connectivity index (χ4v) is 2.01. The summed E-state index contributed by atoms with van der Waals surface area (Å²) in [6, 6.07) is 11.5. The van der Waals surface area contributed by atoms with Crippen LogP contribution in [0.25, 0.3) is 0 Å². The molecule has 1 aromatic carbocycles. The first-order chi connectivity index (χ1) is 11.1. The lowest BCUT2D eigenvalue weighted by atomic mass is 10.2. The molecule has 0 radical (unpaired) electrons. The first kappa shape index (κ1) is 16.8. The number of hydrogen-bond donors (Lipinski definition) is 2. The molecule has 1 heterocycles. The first-order valence-electron chi connectivity index (χ1n) is 7.76. The van der Waals surface area contributed by atoms with Crippen molar-refractivity contribution in [2.24, 2.45) is 0 Å². The van der Waals surface area contributed by atoms with Gasteiger partial charge in [0.25, 0.3) is 5.91 Å². The van der Waals surface area contributed by atoms with Gasteiger partial charge in [-0.25, -0.2) is 4.98 Å². The smallest absolute Gasteiger partial charge is 0.251 e. The summed E-state index contributed by atoms with van der Waals surface area (Å²) in [5.74, 6) is 1.43. The second-order valence-electron chi connectivity index (χ2n) is 5.41. The van der Waals surface area contributed by atoms with Crippen LogP contribution in [0.3, 0.4) is 0 Å². The van der Waals surface area contributed by atoms with E-state index in [1.807, 2.05) is 38.1 Å². The Hall–Kier alpha value is -2.56. The van der Waals surface area contributed by atoms with Gasteiger partial charge in [0.1, 0.15) is 11.6 Å². The summed E-state index contributed by atoms with van der Waals surface area (Å²) >= 11 is 0. The lowest BCUT2D eigenvalue weighted by Crippen LogP contribution is -2.31. The number of methoxy groups -OCH3 is 1. The van der Waals surface area contributed by atoms with E-state index in [2.05, 4.69) is 15.6 Å². The minimum atomic E-state index is -0.0748. The van der Waals surface area contributed by atoms with Crippen molar-refractivity contribution in [2.75, 3.05) is 12.4 Å². The SMILES string of the molecule is CCC(C)NC(=O)c1ccnc(NCc2ccc(OC)cc2)c1. The van der Waals surface area contributed by atoms with E-state index in [1.165, 1.54) is 0 Å². The van der Waals surface area contributed by atoms with Crippen LogP contribution in [0.1, 0.15) is 36.2 Å². The zero-order valence-electron chi connectivity index (χ0n) is 13.8. The molecule has 122 valence electrons. The average molecular weight is 313 g/mol. The van der Waals surface area contributed by atoms with Gasteiger partial charge in [-0.15, -0.1) is 0 Å². The number of benzene rings is 1. The number of rotatable bonds is 7. The van der Waals surface area contributed by atoms with Crippen molar-refractivity contribution < 1.29 is 9.53 Å². The summed E-state index contributed by atoms with van der Waals surface area (Å²) in [6.45, 7) is 4.66. The van der Waals surface area contributed by atoms with Gasteiger partial charge in [0, 0.05) is 24.3 Å². The maximum Gasteiger partial charge on any atom is 0.251 e. The lowest BCUT2D eigenvalue weighted by molar-refractivity contribution is 0.0939. The Morgan fingerprint density at radius 1 is 1.26 bits per heavy atom. The third-order valence-electron chi connectivity index (χ3n) is 3.64. The zero-order chi connectivity index (χ0) is 16.7. The molecule has 0 fully saturated rings. The molecule has 2 aromatic rings. The van der Waals surface area contributed by atoms with Crippen molar-refractivity contribution in [3.63, 3.8) is 0 Å². The number of aromatic nitrogens is 1. The number of hydrogen-bond acceptors (Lipinski definition) is 4. The van der Waals surface area contributed by atoms with Gasteiger partial charge in [-0.2, -0.15) is 0 Å². The van der Waals surface area contributed by atoms with Crippen LogP contribution in [0.15, 0.2) is 42.6 Å². The second kappa shape index (κ2) is 8.17. The second-order valence-corrected chi connectivity index (χ2v) is 5.41. The summed E-state index contributed by atoms with van der Waals surface area (Å²) in [5, 5.41) is 6.18. The molecule has 0 saturated carbocycles. The van der Waals surface area contributed by atoms with Gasteiger partial charge in [-0.05, 0) is 43.2 Å². The van der Waals surface area contributed by atoms with Crippen LogP contribution in [-0.2, 0) is 6.54 Å². The Bertz CT molecular complexity index is 641. The number of ether oxygens (including phenoxy) is 1. The predicted octanol–water partition coefficient (Wildman–Crippen LogP) is 3.23. The van der Waals surface area contributed by atoms with Crippen molar-refractivity contribution in [3.8, 4) is 5.75 Å². The van der Waals surface area contributed by atoms with Gasteiger partial charge in [-0.1, -0.05) is 19.1 Å². The Labute approximate surface area is 137 Å². The van der Waals surface area contributed by atoms with E-state index in [0.717, 1.165) is 17.7 Å². The Kier molecular flexibility index (Phi) is 5.97. The van der Waals surface area contributed by atoms with Crippen LogP contribution in [0.5, 0.6) is 5.75 Å². The molecular formula is C18H23N3O2. The molecule has 1 amide bonds. The number of carbonyl (C=O) groups excluding carboxylic acids is 1. The van der Waals surface area contributed by atoms with Gasteiger partial charge in [0.2, 0.25) is 0 Å². The van der Waals surface area contributed by atoms with E-state index >= 15 is 0 Å². The van der Waals surface area contributed by atoms with Crippen molar-refractivity contribution in [1.29, 1.82) is 0 Å². The number of carbonyl (C=O) groups is 1. The van der Waals surface area contributed by atoms with Crippen molar-refractivity contribution in [2.45, 2.75) is 32.9 Å². The molecule has 0 spiro atoms. The highest BCUT2D eigenvalue weighted by Gasteiger charge is 2.09. The normalized spacial score (nSPS) is 11.6. The van der Waals surface area contributed by atoms with Crippen LogP contribution in [0, 0.1) is 0 Å². The Morgan fingerprint density at radius 3 is 2.65 bits per heavy atom. The maximum absolute atomic E-state index is 12.1. The molecule has 5 heteroatoms. The van der Waals surface area contributed by atoms with E-state index in [9.17, 15) is 4.79 Å². The topological polar surface area (TPSA) is 63.2 Å². The van der Waals surface area contributed by atoms with Crippen LogP contribution in [0.2, 0.25) is 0 Å². The number of pyridine rings is 1. The fourth-order valence-electron chi connectivity index (χ4n) is 2.01. The van der Waals surface area contributed by atoms with Crippen LogP contribution in [-0.4, -0.2) is 24.0 Å². The first-order valence-corrected chi connectivity index (χ1v) is 7.76. The monoisotopic (exact) mass is 313 g/mol. The molecule has 2 N–H and O–H groups in total. The number of nitrogens with one attached hydrogen (secondary N) is 2. The molecular weight excluding hydrogens is 290 g/mol. The minimum absolute atomic E-state index is 0.0748. The molecule has 23 heavy (non-hydrogen) atoms. The van der Waals surface area contributed by atoms with Crippen molar-refractivity contribution in [1.82, 2.24) is 10.3 Å². The summed E-state index contributed by atoms with van der Waals surface area (Å²) in [6.07, 6.45) is 2.54. The Morgan fingerprint density at radius 2 is 2.00 bits per heavy atom. The van der Waals surface area contributed by atoms with Crippen molar-refractivity contribution >= 4 is 11.7 Å². The molecule has 2 rings (SSSR count). The molecule has 0 bridgehead atoms. The van der Waals surface area contributed by atoms with Crippen LogP contribution in [0.4, 0.5) is 5.82 Å².